The van der Waals surface area contributed by atoms with Crippen LogP contribution in [-0.4, -0.2) is 49.2 Å². The van der Waals surface area contributed by atoms with Crippen LogP contribution < -0.4 is 10.2 Å². The monoisotopic (exact) mass is 393 g/mol. The van der Waals surface area contributed by atoms with Gasteiger partial charge in [-0.25, -0.2) is 5.01 Å². The summed E-state index contributed by atoms with van der Waals surface area (Å²) in [6, 6.07) is 14.0. The third-order valence-electron chi connectivity index (χ3n) is 5.05. The number of amides is 2. The molecule has 1 atom stereocenters. The maximum atomic E-state index is 12.6. The second-order valence-corrected chi connectivity index (χ2v) is 7.81. The molecule has 2 amide bonds. The Labute approximate surface area is 172 Å². The largest absolute Gasteiger partial charge is 0.322 e. The number of carbonyl (C=O) groups excluding carboxylic acids is 2. The molecule has 0 spiro atoms. The van der Waals surface area contributed by atoms with Crippen molar-refractivity contribution in [2.45, 2.75) is 27.2 Å². The van der Waals surface area contributed by atoms with E-state index in [1.54, 1.807) is 0 Å². The van der Waals surface area contributed by atoms with Crippen molar-refractivity contribution in [2.24, 2.45) is 5.10 Å². The molecule has 1 unspecified atom stereocenters. The molecular formula is C23H29N4O2+. The highest BCUT2D eigenvalue weighted by Crippen LogP contribution is 2.21. The summed E-state index contributed by atoms with van der Waals surface area (Å²) in [5.41, 5.74) is 6.10. The Morgan fingerprint density at radius 2 is 1.72 bits per heavy atom. The maximum Gasteiger partial charge on any atom is 0.297 e. The lowest BCUT2D eigenvalue weighted by Crippen LogP contribution is -3.11. The number of anilines is 1. The predicted octanol–water partition coefficient (Wildman–Crippen LogP) is 1.70. The molecule has 0 saturated carbocycles. The number of carbonyl (C=O) groups is 2. The molecule has 3 rings (SSSR count). The second kappa shape index (κ2) is 9.01. The lowest BCUT2D eigenvalue weighted by Gasteiger charge is -2.18. The molecular weight excluding hydrogens is 364 g/mol. The first-order valence-electron chi connectivity index (χ1n) is 9.95. The lowest BCUT2D eigenvalue weighted by molar-refractivity contribution is -0.862. The molecule has 152 valence electrons. The average Bonchev–Trinajstić information content (AvgIpc) is 3.15. The number of nitrogens with zero attached hydrogens (tertiary/aromatic N) is 2. The molecule has 0 saturated heterocycles. The quantitative estimate of drug-likeness (QED) is 0.785. The molecule has 0 aliphatic carbocycles. The Hall–Kier alpha value is -2.99. The van der Waals surface area contributed by atoms with E-state index in [-0.39, 0.29) is 24.9 Å². The molecule has 6 heteroatoms. The number of aryl methyl sites for hydroxylation is 3. The molecule has 2 aromatic rings. The molecule has 1 aliphatic rings. The Morgan fingerprint density at radius 1 is 1.07 bits per heavy atom. The van der Waals surface area contributed by atoms with Gasteiger partial charge in [0.2, 0.25) is 0 Å². The van der Waals surface area contributed by atoms with Crippen molar-refractivity contribution in [1.82, 2.24) is 5.01 Å². The number of hydrogen-bond donors (Lipinski definition) is 2. The fourth-order valence-electron chi connectivity index (χ4n) is 3.72. The highest BCUT2D eigenvalue weighted by molar-refractivity contribution is 6.02. The zero-order valence-corrected chi connectivity index (χ0v) is 17.6. The van der Waals surface area contributed by atoms with Crippen LogP contribution in [0.15, 0.2) is 47.6 Å². The van der Waals surface area contributed by atoms with Gasteiger partial charge in [-0.05, 0) is 37.5 Å². The van der Waals surface area contributed by atoms with Crippen molar-refractivity contribution >= 4 is 23.2 Å². The van der Waals surface area contributed by atoms with E-state index in [0.29, 0.717) is 6.54 Å². The molecule has 0 radical (unpaired) electrons. The zero-order valence-electron chi connectivity index (χ0n) is 17.6. The van der Waals surface area contributed by atoms with Gasteiger partial charge >= 0.3 is 0 Å². The van der Waals surface area contributed by atoms with Gasteiger partial charge in [-0.3, -0.25) is 9.59 Å². The van der Waals surface area contributed by atoms with E-state index < -0.39 is 0 Å². The summed E-state index contributed by atoms with van der Waals surface area (Å²) in [7, 11) is 1.85. The Morgan fingerprint density at radius 3 is 2.38 bits per heavy atom. The number of hydrazone groups is 1. The Balaban J connectivity index is 1.54. The molecule has 2 N–H and O–H groups in total. The highest BCUT2D eigenvalue weighted by atomic mass is 16.2. The molecule has 6 nitrogen and oxygen atoms in total. The summed E-state index contributed by atoms with van der Waals surface area (Å²) in [4.78, 5) is 25.9. The topological polar surface area (TPSA) is 66.2 Å². The standard InChI is InChI=1S/C23H28N4O2/c1-16-12-17(2)23(18(3)13-16)24-21(28)14-26(4)15-22(29)27-11-10-20(25-27)19-8-6-5-7-9-19/h5-9,12-13H,10-11,14-15H2,1-4H3,(H,24,28)/p+1. The first kappa shape index (κ1) is 20.7. The number of rotatable bonds is 6. The van der Waals surface area contributed by atoms with Gasteiger partial charge in [0.1, 0.15) is 0 Å². The fourth-order valence-corrected chi connectivity index (χ4v) is 3.72. The van der Waals surface area contributed by atoms with Crippen molar-refractivity contribution in [1.29, 1.82) is 0 Å². The number of nitrogens with one attached hydrogen (secondary N) is 2. The predicted molar refractivity (Wildman–Crippen MR) is 115 cm³/mol. The van der Waals surface area contributed by atoms with Crippen LogP contribution in [0.4, 0.5) is 5.69 Å². The van der Waals surface area contributed by atoms with Gasteiger partial charge in [0.25, 0.3) is 11.8 Å². The summed E-state index contributed by atoms with van der Waals surface area (Å²) < 4.78 is 0. The van der Waals surface area contributed by atoms with Gasteiger partial charge in [-0.15, -0.1) is 0 Å². The minimum absolute atomic E-state index is 0.0658. The van der Waals surface area contributed by atoms with Crippen LogP contribution in [0.1, 0.15) is 28.7 Å². The summed E-state index contributed by atoms with van der Waals surface area (Å²) in [6.45, 7) is 7.06. The van der Waals surface area contributed by atoms with Gasteiger partial charge < -0.3 is 10.2 Å². The van der Waals surface area contributed by atoms with Gasteiger partial charge in [-0.2, -0.15) is 5.10 Å². The van der Waals surface area contributed by atoms with Crippen molar-refractivity contribution in [2.75, 3.05) is 32.0 Å². The number of likely N-dealkylation sites (N-methyl/N-ethyl adjacent to an activating group) is 1. The third kappa shape index (κ3) is 5.29. The fraction of sp³-hybridized carbons (Fsp3) is 0.348. The number of quaternary nitrogens is 1. The van der Waals surface area contributed by atoms with E-state index in [9.17, 15) is 9.59 Å². The van der Waals surface area contributed by atoms with Crippen LogP contribution >= 0.6 is 0 Å². The summed E-state index contributed by atoms with van der Waals surface area (Å²) in [5, 5.41) is 9.00. The minimum atomic E-state index is -0.0970. The Kier molecular flexibility index (Phi) is 6.44. The van der Waals surface area contributed by atoms with Crippen LogP contribution in [0, 0.1) is 20.8 Å². The van der Waals surface area contributed by atoms with E-state index in [0.717, 1.165) is 39.4 Å². The molecule has 29 heavy (non-hydrogen) atoms. The average molecular weight is 394 g/mol. The van der Waals surface area contributed by atoms with E-state index >= 15 is 0 Å². The van der Waals surface area contributed by atoms with E-state index in [1.807, 2.05) is 58.2 Å². The van der Waals surface area contributed by atoms with Crippen LogP contribution in [-0.2, 0) is 9.59 Å². The van der Waals surface area contributed by atoms with E-state index in [4.69, 9.17) is 0 Å². The highest BCUT2D eigenvalue weighted by Gasteiger charge is 2.24. The van der Waals surface area contributed by atoms with Crippen LogP contribution in [0.2, 0.25) is 0 Å². The van der Waals surface area contributed by atoms with Gasteiger partial charge in [-0.1, -0.05) is 48.0 Å². The maximum absolute atomic E-state index is 12.6. The van der Waals surface area contributed by atoms with Crippen LogP contribution in [0.5, 0.6) is 0 Å². The normalized spacial score (nSPS) is 14.5. The Bertz CT molecular complexity index is 914. The summed E-state index contributed by atoms with van der Waals surface area (Å²) in [5.74, 6) is -0.163. The lowest BCUT2D eigenvalue weighted by atomic mass is 10.1. The van der Waals surface area contributed by atoms with Gasteiger partial charge in [0.05, 0.1) is 19.3 Å². The summed E-state index contributed by atoms with van der Waals surface area (Å²) in [6.07, 6.45) is 0.751. The summed E-state index contributed by atoms with van der Waals surface area (Å²) >= 11 is 0. The van der Waals surface area contributed by atoms with Crippen LogP contribution in [0.3, 0.4) is 0 Å². The molecule has 1 heterocycles. The van der Waals surface area contributed by atoms with Gasteiger partial charge in [0, 0.05) is 12.1 Å². The third-order valence-corrected chi connectivity index (χ3v) is 5.05. The first-order valence-corrected chi connectivity index (χ1v) is 9.95. The SMILES string of the molecule is Cc1cc(C)c(NC(=O)C[NH+](C)CC(=O)N2CCC(c3ccccc3)=N2)c(C)c1. The molecule has 0 fully saturated rings. The number of hydrogen-bond acceptors (Lipinski definition) is 3. The second-order valence-electron chi connectivity index (χ2n) is 7.81. The molecule has 0 bridgehead atoms. The van der Waals surface area contributed by atoms with Crippen molar-refractivity contribution in [3.63, 3.8) is 0 Å². The smallest absolute Gasteiger partial charge is 0.297 e. The molecule has 1 aliphatic heterocycles. The molecule has 2 aromatic carbocycles. The van der Waals surface area contributed by atoms with Gasteiger partial charge in [0.15, 0.2) is 13.1 Å². The van der Waals surface area contributed by atoms with E-state index in [2.05, 4.69) is 22.6 Å². The van der Waals surface area contributed by atoms with Crippen molar-refractivity contribution < 1.29 is 14.5 Å². The van der Waals surface area contributed by atoms with Crippen LogP contribution in [0.25, 0.3) is 0 Å². The van der Waals surface area contributed by atoms with Crippen molar-refractivity contribution in [3.05, 3.63) is 64.7 Å². The number of benzene rings is 2. The first-order chi connectivity index (χ1) is 13.8. The molecule has 0 aromatic heterocycles. The van der Waals surface area contributed by atoms with Crippen molar-refractivity contribution in [3.8, 4) is 0 Å². The van der Waals surface area contributed by atoms with E-state index in [1.165, 1.54) is 10.6 Å². The minimum Gasteiger partial charge on any atom is -0.322 e. The zero-order chi connectivity index (χ0) is 21.0.